The van der Waals surface area contributed by atoms with Gasteiger partial charge in [0.1, 0.15) is 5.54 Å². The van der Waals surface area contributed by atoms with Crippen LogP contribution in [0.25, 0.3) is 0 Å². The molecule has 0 aromatic rings. The lowest BCUT2D eigenvalue weighted by Crippen LogP contribution is -2.54. The van der Waals surface area contributed by atoms with Gasteiger partial charge in [-0.15, -0.1) is 0 Å². The molecule has 0 radical (unpaired) electrons. The normalized spacial score (nSPS) is 22.9. The lowest BCUT2D eigenvalue weighted by atomic mass is 9.76. The Bertz CT molecular complexity index is 217. The van der Waals surface area contributed by atoms with Crippen molar-refractivity contribution < 1.29 is 9.90 Å². The molecule has 1 aliphatic rings. The van der Waals surface area contributed by atoms with E-state index in [0.29, 0.717) is 5.92 Å². The number of hydrogen-bond donors (Lipinski definition) is 2. The molecule has 3 heteroatoms. The third kappa shape index (κ3) is 3.20. The minimum Gasteiger partial charge on any atom is -0.480 e. The van der Waals surface area contributed by atoms with E-state index in [-0.39, 0.29) is 6.04 Å². The number of carboxylic acid groups (broad SMARTS) is 1. The standard InChI is InChI=1S/C12H23NO2/c1-4-9(2)13-12(3,11(14)15)8-10-6-5-7-10/h9-10,13H,4-8H2,1-3H3,(H,14,15). The van der Waals surface area contributed by atoms with Crippen LogP contribution in [-0.4, -0.2) is 22.7 Å². The Morgan fingerprint density at radius 1 is 1.60 bits per heavy atom. The van der Waals surface area contributed by atoms with Gasteiger partial charge in [0.05, 0.1) is 0 Å². The minimum atomic E-state index is -0.736. The largest absolute Gasteiger partial charge is 0.480 e. The van der Waals surface area contributed by atoms with Crippen LogP contribution in [0.5, 0.6) is 0 Å². The molecule has 2 N–H and O–H groups in total. The van der Waals surface area contributed by atoms with Gasteiger partial charge in [0.2, 0.25) is 0 Å². The number of aliphatic carboxylic acids is 1. The summed E-state index contributed by atoms with van der Waals surface area (Å²) in [6.45, 7) is 5.94. The van der Waals surface area contributed by atoms with Crippen LogP contribution in [0.2, 0.25) is 0 Å². The molecule has 0 saturated heterocycles. The van der Waals surface area contributed by atoms with Crippen LogP contribution >= 0.6 is 0 Å². The summed E-state index contributed by atoms with van der Waals surface area (Å²) in [5.41, 5.74) is -0.736. The SMILES string of the molecule is CCC(C)NC(C)(CC1CCC1)C(=O)O. The Morgan fingerprint density at radius 2 is 2.20 bits per heavy atom. The Hall–Kier alpha value is -0.570. The molecule has 1 saturated carbocycles. The van der Waals surface area contributed by atoms with E-state index >= 15 is 0 Å². The van der Waals surface area contributed by atoms with Crippen molar-refractivity contribution in [1.82, 2.24) is 5.32 Å². The third-order valence-corrected chi connectivity index (χ3v) is 3.57. The van der Waals surface area contributed by atoms with E-state index < -0.39 is 11.5 Å². The summed E-state index contributed by atoms with van der Waals surface area (Å²) in [5, 5.41) is 12.5. The van der Waals surface area contributed by atoms with E-state index in [1.54, 1.807) is 0 Å². The van der Waals surface area contributed by atoms with Crippen molar-refractivity contribution in [2.45, 2.75) is 64.5 Å². The molecule has 2 unspecified atom stereocenters. The number of carboxylic acids is 1. The third-order valence-electron chi connectivity index (χ3n) is 3.57. The molecule has 0 aromatic heterocycles. The quantitative estimate of drug-likeness (QED) is 0.712. The van der Waals surface area contributed by atoms with E-state index in [2.05, 4.69) is 12.2 Å². The highest BCUT2D eigenvalue weighted by atomic mass is 16.4. The molecule has 3 nitrogen and oxygen atoms in total. The monoisotopic (exact) mass is 213 g/mol. The van der Waals surface area contributed by atoms with Crippen molar-refractivity contribution in [1.29, 1.82) is 0 Å². The van der Waals surface area contributed by atoms with Crippen molar-refractivity contribution in [3.63, 3.8) is 0 Å². The maximum Gasteiger partial charge on any atom is 0.323 e. The first-order valence-corrected chi connectivity index (χ1v) is 5.99. The summed E-state index contributed by atoms with van der Waals surface area (Å²) >= 11 is 0. The first kappa shape index (κ1) is 12.5. The van der Waals surface area contributed by atoms with Gasteiger partial charge in [-0.25, -0.2) is 0 Å². The van der Waals surface area contributed by atoms with Crippen molar-refractivity contribution in [3.05, 3.63) is 0 Å². The van der Waals surface area contributed by atoms with Gasteiger partial charge in [-0.05, 0) is 32.6 Å². The smallest absolute Gasteiger partial charge is 0.323 e. The molecule has 88 valence electrons. The molecule has 0 aliphatic heterocycles. The van der Waals surface area contributed by atoms with Crippen LogP contribution in [-0.2, 0) is 4.79 Å². The highest BCUT2D eigenvalue weighted by Crippen LogP contribution is 2.34. The van der Waals surface area contributed by atoms with E-state index in [9.17, 15) is 9.90 Å². The number of nitrogens with one attached hydrogen (secondary N) is 1. The topological polar surface area (TPSA) is 49.3 Å². The molecule has 15 heavy (non-hydrogen) atoms. The molecule has 2 atom stereocenters. The van der Waals surface area contributed by atoms with Gasteiger partial charge >= 0.3 is 5.97 Å². The highest BCUT2D eigenvalue weighted by molar-refractivity contribution is 5.78. The molecular weight excluding hydrogens is 190 g/mol. The maximum absolute atomic E-state index is 11.3. The van der Waals surface area contributed by atoms with E-state index in [4.69, 9.17) is 0 Å². The molecule has 0 aromatic carbocycles. The van der Waals surface area contributed by atoms with Gasteiger partial charge in [-0.1, -0.05) is 26.2 Å². The fourth-order valence-electron chi connectivity index (χ4n) is 2.13. The van der Waals surface area contributed by atoms with Crippen LogP contribution in [0.4, 0.5) is 0 Å². The molecule has 0 spiro atoms. The van der Waals surface area contributed by atoms with Crippen molar-refractivity contribution >= 4 is 5.97 Å². The summed E-state index contributed by atoms with van der Waals surface area (Å²) in [5.74, 6) is -0.0997. The summed E-state index contributed by atoms with van der Waals surface area (Å²) in [7, 11) is 0. The van der Waals surface area contributed by atoms with Gasteiger partial charge in [-0.2, -0.15) is 0 Å². The zero-order valence-corrected chi connectivity index (χ0v) is 10.0. The Kier molecular flexibility index (Phi) is 4.14. The molecule has 0 amide bonds. The fourth-order valence-corrected chi connectivity index (χ4v) is 2.13. The second-order valence-electron chi connectivity index (χ2n) is 5.09. The van der Waals surface area contributed by atoms with E-state index in [0.717, 1.165) is 12.8 Å². The Labute approximate surface area is 92.3 Å². The number of hydrogen-bond acceptors (Lipinski definition) is 2. The second-order valence-corrected chi connectivity index (χ2v) is 5.09. The molecule has 1 aliphatic carbocycles. The Balaban J connectivity index is 2.55. The zero-order chi connectivity index (χ0) is 11.5. The van der Waals surface area contributed by atoms with Gasteiger partial charge in [0.25, 0.3) is 0 Å². The predicted molar refractivity (Wildman–Crippen MR) is 60.9 cm³/mol. The zero-order valence-electron chi connectivity index (χ0n) is 10.0. The molecule has 0 heterocycles. The predicted octanol–water partition coefficient (Wildman–Crippen LogP) is 2.41. The van der Waals surface area contributed by atoms with Crippen LogP contribution in [0.15, 0.2) is 0 Å². The van der Waals surface area contributed by atoms with Gasteiger partial charge < -0.3 is 5.11 Å². The molecule has 1 rings (SSSR count). The molecular formula is C12H23NO2. The van der Waals surface area contributed by atoms with Crippen LogP contribution in [0.3, 0.4) is 0 Å². The molecule has 1 fully saturated rings. The lowest BCUT2D eigenvalue weighted by Gasteiger charge is -2.36. The average Bonchev–Trinajstić information content (AvgIpc) is 2.11. The average molecular weight is 213 g/mol. The van der Waals surface area contributed by atoms with Gasteiger partial charge in [0, 0.05) is 6.04 Å². The maximum atomic E-state index is 11.3. The fraction of sp³-hybridized carbons (Fsp3) is 0.917. The summed E-state index contributed by atoms with van der Waals surface area (Å²) in [4.78, 5) is 11.3. The van der Waals surface area contributed by atoms with E-state index in [1.165, 1.54) is 19.3 Å². The summed E-state index contributed by atoms with van der Waals surface area (Å²) in [6, 6.07) is 0.270. The van der Waals surface area contributed by atoms with Gasteiger partial charge in [-0.3, -0.25) is 10.1 Å². The second kappa shape index (κ2) is 4.97. The summed E-state index contributed by atoms with van der Waals surface area (Å²) in [6.07, 6.45) is 5.40. The van der Waals surface area contributed by atoms with Crippen LogP contribution < -0.4 is 5.32 Å². The van der Waals surface area contributed by atoms with Crippen molar-refractivity contribution in [2.75, 3.05) is 0 Å². The number of carbonyl (C=O) groups is 1. The van der Waals surface area contributed by atoms with Crippen molar-refractivity contribution in [3.8, 4) is 0 Å². The lowest BCUT2D eigenvalue weighted by molar-refractivity contribution is -0.145. The first-order chi connectivity index (χ1) is 6.98. The summed E-state index contributed by atoms with van der Waals surface area (Å²) < 4.78 is 0. The Morgan fingerprint density at radius 3 is 2.53 bits per heavy atom. The van der Waals surface area contributed by atoms with Crippen molar-refractivity contribution in [2.24, 2.45) is 5.92 Å². The first-order valence-electron chi connectivity index (χ1n) is 5.99. The highest BCUT2D eigenvalue weighted by Gasteiger charge is 2.37. The number of rotatable bonds is 6. The van der Waals surface area contributed by atoms with Gasteiger partial charge in [0.15, 0.2) is 0 Å². The molecule has 0 bridgehead atoms. The van der Waals surface area contributed by atoms with Crippen LogP contribution in [0.1, 0.15) is 52.9 Å². The van der Waals surface area contributed by atoms with E-state index in [1.807, 2.05) is 13.8 Å². The van der Waals surface area contributed by atoms with Crippen LogP contribution in [0, 0.1) is 5.92 Å². The minimum absolute atomic E-state index is 0.270.